The number of benzene rings is 1. The van der Waals surface area contributed by atoms with Gasteiger partial charge in [-0.2, -0.15) is 0 Å². The Morgan fingerprint density at radius 2 is 1.68 bits per heavy atom. The molecule has 1 heteroatoms. The Morgan fingerprint density at radius 1 is 1.00 bits per heavy atom. The zero-order valence-corrected chi connectivity index (χ0v) is 16.5. The molecule has 1 aromatic rings. The van der Waals surface area contributed by atoms with Gasteiger partial charge in [-0.1, -0.05) is 95.8 Å². The first kappa shape index (κ1) is 19.1. The second-order valence-electron chi connectivity index (χ2n) is 8.57. The SMILES string of the molecule is CC(C)(C)C1=C=C(NC/C=C(\C=C/c2ccccc2)C(C)(C)C)C=C1. The molecule has 0 fully saturated rings. The van der Waals surface area contributed by atoms with Crippen LogP contribution in [0.5, 0.6) is 0 Å². The van der Waals surface area contributed by atoms with Crippen LogP contribution >= 0.6 is 0 Å². The van der Waals surface area contributed by atoms with E-state index in [2.05, 4.69) is 107 Å². The van der Waals surface area contributed by atoms with E-state index in [4.69, 9.17) is 0 Å². The zero-order chi connectivity index (χ0) is 18.5. The van der Waals surface area contributed by atoms with Gasteiger partial charge in [0.05, 0.1) is 5.70 Å². The minimum absolute atomic E-state index is 0.110. The Bertz CT molecular complexity index is 738. The number of rotatable bonds is 5. The second kappa shape index (κ2) is 7.76. The largest absolute Gasteiger partial charge is 0.375 e. The predicted octanol–water partition coefficient (Wildman–Crippen LogP) is 6.29. The molecule has 132 valence electrons. The molecule has 2 rings (SSSR count). The van der Waals surface area contributed by atoms with Gasteiger partial charge in [-0.25, -0.2) is 0 Å². The molecule has 0 saturated carbocycles. The van der Waals surface area contributed by atoms with Crippen LogP contribution in [-0.4, -0.2) is 6.54 Å². The number of hydrogen-bond acceptors (Lipinski definition) is 1. The van der Waals surface area contributed by atoms with Crippen LogP contribution in [0.2, 0.25) is 0 Å². The summed E-state index contributed by atoms with van der Waals surface area (Å²) in [4.78, 5) is 0. The molecule has 25 heavy (non-hydrogen) atoms. The van der Waals surface area contributed by atoms with Gasteiger partial charge in [-0.05, 0) is 34.1 Å². The lowest BCUT2D eigenvalue weighted by Crippen LogP contribution is -2.14. The molecule has 1 nitrogen and oxygen atoms in total. The Kier molecular flexibility index (Phi) is 5.93. The van der Waals surface area contributed by atoms with Crippen molar-refractivity contribution in [1.82, 2.24) is 5.32 Å². The van der Waals surface area contributed by atoms with E-state index in [9.17, 15) is 0 Å². The number of hydrogen-bond donors (Lipinski definition) is 1. The van der Waals surface area contributed by atoms with Crippen LogP contribution in [0.4, 0.5) is 0 Å². The predicted molar refractivity (Wildman–Crippen MR) is 110 cm³/mol. The van der Waals surface area contributed by atoms with Crippen molar-refractivity contribution >= 4 is 6.08 Å². The van der Waals surface area contributed by atoms with Gasteiger partial charge < -0.3 is 5.32 Å². The van der Waals surface area contributed by atoms with Gasteiger partial charge in [0.15, 0.2) is 0 Å². The molecule has 0 amide bonds. The fourth-order valence-corrected chi connectivity index (χ4v) is 2.58. The lowest BCUT2D eigenvalue weighted by molar-refractivity contribution is 0.515. The quantitative estimate of drug-likeness (QED) is 0.493. The maximum Gasteiger partial charge on any atom is 0.0779 e. The molecule has 1 aromatic carbocycles. The van der Waals surface area contributed by atoms with E-state index in [0.717, 1.165) is 12.2 Å². The normalized spacial score (nSPS) is 15.5. The molecule has 0 aliphatic heterocycles. The second-order valence-corrected chi connectivity index (χ2v) is 8.57. The summed E-state index contributed by atoms with van der Waals surface area (Å²) in [5.74, 6) is 0. The lowest BCUT2D eigenvalue weighted by atomic mass is 9.85. The van der Waals surface area contributed by atoms with Crippen molar-refractivity contribution in [2.24, 2.45) is 10.8 Å². The van der Waals surface area contributed by atoms with Gasteiger partial charge in [0.25, 0.3) is 0 Å². The first-order chi connectivity index (χ1) is 11.7. The summed E-state index contributed by atoms with van der Waals surface area (Å²) in [6.45, 7) is 14.2. The Balaban J connectivity index is 2.09. The molecule has 0 aromatic heterocycles. The molecular weight excluding hydrogens is 302 g/mol. The van der Waals surface area contributed by atoms with Gasteiger partial charge in [0.1, 0.15) is 0 Å². The number of allylic oxidation sites excluding steroid dienone is 4. The third kappa shape index (κ3) is 5.96. The highest BCUT2D eigenvalue weighted by Gasteiger charge is 2.17. The minimum atomic E-state index is 0.110. The third-order valence-electron chi connectivity index (χ3n) is 4.23. The topological polar surface area (TPSA) is 12.0 Å². The molecule has 0 atom stereocenters. The minimum Gasteiger partial charge on any atom is -0.375 e. The summed E-state index contributed by atoms with van der Waals surface area (Å²) in [5, 5.41) is 3.47. The van der Waals surface area contributed by atoms with Crippen molar-refractivity contribution in [1.29, 1.82) is 0 Å². The van der Waals surface area contributed by atoms with E-state index in [0.29, 0.717) is 0 Å². The van der Waals surface area contributed by atoms with Crippen LogP contribution in [0.15, 0.2) is 77.2 Å². The van der Waals surface area contributed by atoms with Gasteiger partial charge in [0, 0.05) is 12.1 Å². The smallest absolute Gasteiger partial charge is 0.0779 e. The molecular formula is C24H31N. The van der Waals surface area contributed by atoms with Crippen LogP contribution in [0.1, 0.15) is 47.1 Å². The van der Waals surface area contributed by atoms with Crippen LogP contribution in [0.25, 0.3) is 6.08 Å². The van der Waals surface area contributed by atoms with Crippen molar-refractivity contribution in [3.8, 4) is 0 Å². The van der Waals surface area contributed by atoms with Gasteiger partial charge >= 0.3 is 0 Å². The summed E-state index contributed by atoms with van der Waals surface area (Å²) in [6, 6.07) is 10.4. The lowest BCUT2D eigenvalue weighted by Gasteiger charge is -2.20. The maximum atomic E-state index is 3.47. The Hall–Kier alpha value is -2.24. The van der Waals surface area contributed by atoms with Gasteiger partial charge in [0.2, 0.25) is 0 Å². The summed E-state index contributed by atoms with van der Waals surface area (Å²) >= 11 is 0. The Morgan fingerprint density at radius 3 is 2.24 bits per heavy atom. The van der Waals surface area contributed by atoms with E-state index >= 15 is 0 Å². The van der Waals surface area contributed by atoms with Crippen molar-refractivity contribution in [2.45, 2.75) is 41.5 Å². The van der Waals surface area contributed by atoms with Crippen LogP contribution < -0.4 is 5.32 Å². The van der Waals surface area contributed by atoms with Gasteiger partial charge in [-0.15, -0.1) is 0 Å². The first-order valence-corrected chi connectivity index (χ1v) is 9.03. The highest BCUT2D eigenvalue weighted by Crippen LogP contribution is 2.29. The van der Waals surface area contributed by atoms with Crippen molar-refractivity contribution in [2.75, 3.05) is 6.54 Å². The first-order valence-electron chi connectivity index (χ1n) is 9.03. The monoisotopic (exact) mass is 333 g/mol. The molecule has 1 N–H and O–H groups in total. The van der Waals surface area contributed by atoms with E-state index in [1.165, 1.54) is 16.7 Å². The molecule has 0 spiro atoms. The van der Waals surface area contributed by atoms with Crippen molar-refractivity contribution in [3.63, 3.8) is 0 Å². The molecule has 0 bridgehead atoms. The molecule has 0 saturated heterocycles. The van der Waals surface area contributed by atoms with Crippen molar-refractivity contribution < 1.29 is 0 Å². The Labute approximate surface area is 153 Å². The molecule has 0 radical (unpaired) electrons. The maximum absolute atomic E-state index is 3.47. The van der Waals surface area contributed by atoms with E-state index in [1.807, 2.05) is 6.07 Å². The highest BCUT2D eigenvalue weighted by molar-refractivity contribution is 5.53. The van der Waals surface area contributed by atoms with Crippen LogP contribution in [0.3, 0.4) is 0 Å². The molecule has 1 aliphatic rings. The molecule has 0 heterocycles. The fourth-order valence-electron chi connectivity index (χ4n) is 2.58. The average molecular weight is 334 g/mol. The van der Waals surface area contributed by atoms with Gasteiger partial charge in [-0.3, -0.25) is 0 Å². The summed E-state index contributed by atoms with van der Waals surface area (Å²) in [5.41, 5.74) is 8.59. The van der Waals surface area contributed by atoms with E-state index in [1.54, 1.807) is 0 Å². The van der Waals surface area contributed by atoms with Crippen molar-refractivity contribution in [3.05, 3.63) is 82.8 Å². The van der Waals surface area contributed by atoms with E-state index in [-0.39, 0.29) is 10.8 Å². The zero-order valence-electron chi connectivity index (χ0n) is 16.5. The molecule has 0 unspecified atom stereocenters. The third-order valence-corrected chi connectivity index (χ3v) is 4.23. The highest BCUT2D eigenvalue weighted by atomic mass is 14.9. The molecule has 1 aliphatic carbocycles. The fraction of sp³-hybridized carbons (Fsp3) is 0.375. The standard InChI is InChI=1S/C24H31N/c1-23(2,3)20(13-12-19-10-8-7-9-11-19)16-17-25-22-15-14-21(18-22)24(4,5)6/h7-16,25H,17H2,1-6H3/b13-12-,20-16+. The summed E-state index contributed by atoms with van der Waals surface area (Å²) in [6.07, 6.45) is 11.0. The van der Waals surface area contributed by atoms with E-state index < -0.39 is 0 Å². The number of nitrogens with one attached hydrogen (secondary N) is 1. The summed E-state index contributed by atoms with van der Waals surface area (Å²) in [7, 11) is 0. The van der Waals surface area contributed by atoms with Crippen LogP contribution in [-0.2, 0) is 0 Å². The average Bonchev–Trinajstić information content (AvgIpc) is 2.99. The van der Waals surface area contributed by atoms with Crippen LogP contribution in [0, 0.1) is 10.8 Å². The summed E-state index contributed by atoms with van der Waals surface area (Å²) < 4.78 is 0.